The van der Waals surface area contributed by atoms with E-state index in [1.54, 1.807) is 0 Å². The second kappa shape index (κ2) is 4.55. The average molecular weight is 200 g/mol. The van der Waals surface area contributed by atoms with Crippen molar-refractivity contribution in [1.29, 1.82) is 0 Å². The van der Waals surface area contributed by atoms with Gasteiger partial charge < -0.3 is 9.15 Å². The van der Waals surface area contributed by atoms with Crippen molar-refractivity contribution in [1.82, 2.24) is 0 Å². The molecule has 0 saturated carbocycles. The summed E-state index contributed by atoms with van der Waals surface area (Å²) in [5, 5.41) is 0. The van der Waals surface area contributed by atoms with Crippen molar-refractivity contribution in [2.45, 2.75) is 13.1 Å². The van der Waals surface area contributed by atoms with E-state index < -0.39 is 17.9 Å². The third-order valence-corrected chi connectivity index (χ3v) is 1.49. The summed E-state index contributed by atoms with van der Waals surface area (Å²) >= 11 is 0. The van der Waals surface area contributed by atoms with Crippen LogP contribution in [0.5, 0.6) is 0 Å². The molecule has 14 heavy (non-hydrogen) atoms. The molecule has 0 saturated heterocycles. The Balaban J connectivity index is 2.66. The average Bonchev–Trinajstić information content (AvgIpc) is 2.68. The van der Waals surface area contributed by atoms with E-state index in [4.69, 9.17) is 0 Å². The molecule has 5 heteroatoms. The normalized spacial score (nSPS) is 12.1. The SMILES string of the molecule is CCOC(=O)C(F)C(=O)c1ccco1. The van der Waals surface area contributed by atoms with Gasteiger partial charge in [-0.25, -0.2) is 9.18 Å². The molecule has 0 spiro atoms. The Morgan fingerprint density at radius 2 is 2.36 bits per heavy atom. The molecule has 76 valence electrons. The maximum absolute atomic E-state index is 13.1. The largest absolute Gasteiger partial charge is 0.463 e. The maximum atomic E-state index is 13.1. The third kappa shape index (κ3) is 2.18. The molecule has 4 nitrogen and oxygen atoms in total. The van der Waals surface area contributed by atoms with E-state index in [1.165, 1.54) is 25.3 Å². The molecule has 0 fully saturated rings. The Morgan fingerprint density at radius 1 is 1.64 bits per heavy atom. The Labute approximate surface area is 79.7 Å². The molecule has 1 heterocycles. The molecule has 0 aliphatic carbocycles. The van der Waals surface area contributed by atoms with Crippen molar-refractivity contribution in [3.63, 3.8) is 0 Å². The third-order valence-electron chi connectivity index (χ3n) is 1.49. The minimum atomic E-state index is -2.30. The number of carbonyl (C=O) groups is 2. The molecule has 0 radical (unpaired) electrons. The number of furan rings is 1. The van der Waals surface area contributed by atoms with E-state index in [2.05, 4.69) is 9.15 Å². The van der Waals surface area contributed by atoms with E-state index in [1.807, 2.05) is 0 Å². The topological polar surface area (TPSA) is 56.5 Å². The summed E-state index contributed by atoms with van der Waals surface area (Å²) in [6.45, 7) is 1.56. The Kier molecular flexibility index (Phi) is 3.39. The van der Waals surface area contributed by atoms with Gasteiger partial charge in [0.1, 0.15) is 0 Å². The number of hydrogen-bond donors (Lipinski definition) is 0. The fourth-order valence-corrected chi connectivity index (χ4v) is 0.866. The lowest BCUT2D eigenvalue weighted by molar-refractivity contribution is -0.147. The minimum Gasteiger partial charge on any atom is -0.463 e. The van der Waals surface area contributed by atoms with Gasteiger partial charge in [0.2, 0.25) is 5.78 Å². The molecule has 0 aromatic carbocycles. The number of halogens is 1. The van der Waals surface area contributed by atoms with Gasteiger partial charge in [-0.1, -0.05) is 0 Å². The van der Waals surface area contributed by atoms with Crippen LogP contribution in [0.3, 0.4) is 0 Å². The van der Waals surface area contributed by atoms with Crippen molar-refractivity contribution in [3.05, 3.63) is 24.2 Å². The first kappa shape index (κ1) is 10.4. The number of esters is 1. The summed E-state index contributed by atoms with van der Waals surface area (Å²) in [6.07, 6.45) is -1.08. The Morgan fingerprint density at radius 3 is 2.86 bits per heavy atom. The number of carbonyl (C=O) groups excluding carboxylic acids is 2. The summed E-state index contributed by atoms with van der Waals surface area (Å²) in [7, 11) is 0. The van der Waals surface area contributed by atoms with Gasteiger partial charge in [0.05, 0.1) is 12.9 Å². The van der Waals surface area contributed by atoms with Crippen LogP contribution in [0.2, 0.25) is 0 Å². The van der Waals surface area contributed by atoms with Crippen LogP contribution in [0.4, 0.5) is 4.39 Å². The molecule has 1 aromatic heterocycles. The van der Waals surface area contributed by atoms with Crippen molar-refractivity contribution in [3.8, 4) is 0 Å². The summed E-state index contributed by atoms with van der Waals surface area (Å²) in [4.78, 5) is 22.0. The van der Waals surface area contributed by atoms with Crippen molar-refractivity contribution in [2.75, 3.05) is 6.61 Å². The lowest BCUT2D eigenvalue weighted by Crippen LogP contribution is -2.27. The van der Waals surface area contributed by atoms with E-state index >= 15 is 0 Å². The van der Waals surface area contributed by atoms with Gasteiger partial charge in [0.25, 0.3) is 6.17 Å². The molecular formula is C9H9FO4. The van der Waals surface area contributed by atoms with E-state index in [0.29, 0.717) is 0 Å². The van der Waals surface area contributed by atoms with Gasteiger partial charge in [0.15, 0.2) is 5.76 Å². The van der Waals surface area contributed by atoms with Crippen LogP contribution in [0.25, 0.3) is 0 Å². The van der Waals surface area contributed by atoms with Gasteiger partial charge in [-0.2, -0.15) is 0 Å². The Hall–Kier alpha value is -1.65. The molecule has 0 N–H and O–H groups in total. The zero-order chi connectivity index (χ0) is 10.6. The van der Waals surface area contributed by atoms with Gasteiger partial charge >= 0.3 is 5.97 Å². The monoisotopic (exact) mass is 200 g/mol. The fraction of sp³-hybridized carbons (Fsp3) is 0.333. The second-order valence-electron chi connectivity index (χ2n) is 2.46. The number of Topliss-reactive ketones (excluding diaryl/α,β-unsaturated/α-hetero) is 1. The number of rotatable bonds is 4. The second-order valence-corrected chi connectivity index (χ2v) is 2.46. The molecule has 1 aromatic rings. The zero-order valence-corrected chi connectivity index (χ0v) is 7.53. The predicted octanol–water partition coefficient (Wildman–Crippen LogP) is 1.36. The standard InChI is InChI=1S/C9H9FO4/c1-2-13-9(12)7(10)8(11)6-4-3-5-14-6/h3-5,7H,2H2,1H3. The van der Waals surface area contributed by atoms with E-state index in [0.717, 1.165) is 0 Å². The molecule has 1 atom stereocenters. The van der Waals surface area contributed by atoms with Crippen LogP contribution in [0.15, 0.2) is 22.8 Å². The van der Waals surface area contributed by atoms with Crippen LogP contribution in [0, 0.1) is 0 Å². The molecule has 0 bridgehead atoms. The lowest BCUT2D eigenvalue weighted by atomic mass is 10.2. The fourth-order valence-electron chi connectivity index (χ4n) is 0.866. The van der Waals surface area contributed by atoms with E-state index in [-0.39, 0.29) is 12.4 Å². The summed E-state index contributed by atoms with van der Waals surface area (Å²) in [5.41, 5.74) is 0. The Bertz CT molecular complexity index is 318. The summed E-state index contributed by atoms with van der Waals surface area (Å²) in [6, 6.07) is 2.72. The highest BCUT2D eigenvalue weighted by atomic mass is 19.1. The molecule has 0 aliphatic heterocycles. The van der Waals surface area contributed by atoms with Crippen molar-refractivity contribution < 1.29 is 23.1 Å². The molecule has 1 rings (SSSR count). The lowest BCUT2D eigenvalue weighted by Gasteiger charge is -2.03. The zero-order valence-electron chi connectivity index (χ0n) is 7.53. The van der Waals surface area contributed by atoms with Crippen LogP contribution in [-0.2, 0) is 9.53 Å². The quantitative estimate of drug-likeness (QED) is 0.418. The van der Waals surface area contributed by atoms with Crippen molar-refractivity contribution >= 4 is 11.8 Å². The molecule has 1 unspecified atom stereocenters. The van der Waals surface area contributed by atoms with Crippen molar-refractivity contribution in [2.24, 2.45) is 0 Å². The van der Waals surface area contributed by atoms with Crippen LogP contribution in [0.1, 0.15) is 17.5 Å². The van der Waals surface area contributed by atoms with Gasteiger partial charge in [-0.05, 0) is 19.1 Å². The predicted molar refractivity (Wildman–Crippen MR) is 44.6 cm³/mol. The maximum Gasteiger partial charge on any atom is 0.349 e. The summed E-state index contributed by atoms with van der Waals surface area (Å²) in [5.74, 6) is -2.40. The first-order valence-electron chi connectivity index (χ1n) is 4.05. The number of ketones is 1. The molecule has 0 aliphatic rings. The van der Waals surface area contributed by atoms with Crippen LogP contribution >= 0.6 is 0 Å². The smallest absolute Gasteiger partial charge is 0.349 e. The molecule has 0 amide bonds. The summed E-state index contributed by atoms with van der Waals surface area (Å²) < 4.78 is 22.0. The van der Waals surface area contributed by atoms with Crippen LogP contribution in [-0.4, -0.2) is 24.5 Å². The first-order chi connectivity index (χ1) is 6.66. The first-order valence-corrected chi connectivity index (χ1v) is 4.05. The highest BCUT2D eigenvalue weighted by Crippen LogP contribution is 2.08. The highest BCUT2D eigenvalue weighted by molar-refractivity contribution is 6.09. The highest BCUT2D eigenvalue weighted by Gasteiger charge is 2.30. The minimum absolute atomic E-state index is 0.0324. The van der Waals surface area contributed by atoms with Gasteiger partial charge in [-0.3, -0.25) is 4.79 Å². The van der Waals surface area contributed by atoms with E-state index in [9.17, 15) is 14.0 Å². The van der Waals surface area contributed by atoms with Gasteiger partial charge in [0, 0.05) is 0 Å². The number of ether oxygens (including phenoxy) is 1. The number of hydrogen-bond acceptors (Lipinski definition) is 4. The van der Waals surface area contributed by atoms with Gasteiger partial charge in [-0.15, -0.1) is 0 Å². The number of alkyl halides is 1. The van der Waals surface area contributed by atoms with Crippen LogP contribution < -0.4 is 0 Å². The molecular weight excluding hydrogens is 191 g/mol.